The molecule has 0 saturated carbocycles. The Morgan fingerprint density at radius 2 is 2.25 bits per heavy atom. The molecule has 0 aromatic carbocycles. The standard InChI is InChI=1S/C12H25N3O4S/c1-3-13-12(15-6-4-11(16)10-15)14-5-7-19-8-9-20(2,17)18/h11,16H,3-10H2,1-2H3,(H,13,14)/t11-/m1/s1. The fourth-order valence-corrected chi connectivity index (χ4v) is 2.31. The number of nitrogens with zero attached hydrogens (tertiary/aromatic N) is 2. The molecule has 20 heavy (non-hydrogen) atoms. The molecule has 7 nitrogen and oxygen atoms in total. The summed E-state index contributed by atoms with van der Waals surface area (Å²) >= 11 is 0. The molecule has 1 rings (SSSR count). The number of aliphatic hydroxyl groups excluding tert-OH is 1. The van der Waals surface area contributed by atoms with Crippen LogP contribution in [0, 0.1) is 0 Å². The molecule has 0 bridgehead atoms. The lowest BCUT2D eigenvalue weighted by atomic mass is 10.3. The first kappa shape index (κ1) is 17.2. The molecule has 0 unspecified atom stereocenters. The van der Waals surface area contributed by atoms with Crippen molar-refractivity contribution in [2.45, 2.75) is 19.4 Å². The van der Waals surface area contributed by atoms with Gasteiger partial charge in [0, 0.05) is 25.9 Å². The summed E-state index contributed by atoms with van der Waals surface area (Å²) in [5, 5.41) is 12.7. The molecule has 1 aliphatic rings. The first-order valence-corrected chi connectivity index (χ1v) is 8.95. The minimum absolute atomic E-state index is 0.0368. The number of aliphatic imine (C=N–C) groups is 1. The Hall–Kier alpha value is -0.860. The van der Waals surface area contributed by atoms with Crippen LogP contribution >= 0.6 is 0 Å². The summed E-state index contributed by atoms with van der Waals surface area (Å²) < 4.78 is 27.1. The molecule has 0 radical (unpaired) electrons. The summed E-state index contributed by atoms with van der Waals surface area (Å²) in [6.45, 7) is 5.21. The van der Waals surface area contributed by atoms with E-state index in [-0.39, 0.29) is 18.5 Å². The second-order valence-electron chi connectivity index (χ2n) is 4.87. The lowest BCUT2D eigenvalue weighted by Gasteiger charge is -2.20. The van der Waals surface area contributed by atoms with Gasteiger partial charge in [0.05, 0.1) is 31.6 Å². The number of rotatable bonds is 7. The maximum Gasteiger partial charge on any atom is 0.194 e. The minimum atomic E-state index is -2.96. The molecule has 1 saturated heterocycles. The topological polar surface area (TPSA) is 91.2 Å². The van der Waals surface area contributed by atoms with Gasteiger partial charge in [-0.3, -0.25) is 4.99 Å². The van der Waals surface area contributed by atoms with Crippen LogP contribution in [0.3, 0.4) is 0 Å². The highest BCUT2D eigenvalue weighted by Gasteiger charge is 2.22. The quantitative estimate of drug-likeness (QED) is 0.359. The van der Waals surface area contributed by atoms with Crippen molar-refractivity contribution in [3.05, 3.63) is 0 Å². The van der Waals surface area contributed by atoms with Crippen molar-refractivity contribution in [3.63, 3.8) is 0 Å². The van der Waals surface area contributed by atoms with Crippen LogP contribution in [0.5, 0.6) is 0 Å². The van der Waals surface area contributed by atoms with Gasteiger partial charge < -0.3 is 20.1 Å². The zero-order chi connectivity index (χ0) is 15.0. The zero-order valence-corrected chi connectivity index (χ0v) is 13.0. The Balaban J connectivity index is 2.29. The van der Waals surface area contributed by atoms with E-state index < -0.39 is 9.84 Å². The molecule has 118 valence electrons. The van der Waals surface area contributed by atoms with E-state index in [2.05, 4.69) is 10.3 Å². The third kappa shape index (κ3) is 7.06. The number of nitrogens with one attached hydrogen (secondary N) is 1. The normalized spacial score (nSPS) is 20.4. The fourth-order valence-electron chi connectivity index (χ4n) is 1.89. The summed E-state index contributed by atoms with van der Waals surface area (Å²) in [6, 6.07) is 0. The van der Waals surface area contributed by atoms with Crippen LogP contribution in [0.4, 0.5) is 0 Å². The van der Waals surface area contributed by atoms with Gasteiger partial charge in [0.1, 0.15) is 9.84 Å². The average Bonchev–Trinajstić information content (AvgIpc) is 2.77. The van der Waals surface area contributed by atoms with Crippen LogP contribution in [-0.4, -0.2) is 81.9 Å². The summed E-state index contributed by atoms with van der Waals surface area (Å²) in [5.74, 6) is 0.811. The van der Waals surface area contributed by atoms with Gasteiger partial charge in [-0.05, 0) is 13.3 Å². The molecule has 0 aromatic heterocycles. The van der Waals surface area contributed by atoms with Gasteiger partial charge in [0.2, 0.25) is 0 Å². The summed E-state index contributed by atoms with van der Waals surface area (Å²) in [5.41, 5.74) is 0. The van der Waals surface area contributed by atoms with Gasteiger partial charge in [0.25, 0.3) is 0 Å². The smallest absolute Gasteiger partial charge is 0.194 e. The van der Waals surface area contributed by atoms with Crippen LogP contribution in [0.25, 0.3) is 0 Å². The molecule has 0 spiro atoms. The van der Waals surface area contributed by atoms with Gasteiger partial charge in [-0.15, -0.1) is 0 Å². The van der Waals surface area contributed by atoms with Crippen molar-refractivity contribution in [2.24, 2.45) is 4.99 Å². The van der Waals surface area contributed by atoms with Crippen molar-refractivity contribution < 1.29 is 18.3 Å². The van der Waals surface area contributed by atoms with E-state index in [1.54, 1.807) is 0 Å². The van der Waals surface area contributed by atoms with Crippen molar-refractivity contribution in [2.75, 3.05) is 51.4 Å². The molecule has 8 heteroatoms. The van der Waals surface area contributed by atoms with E-state index >= 15 is 0 Å². The summed E-state index contributed by atoms with van der Waals surface area (Å²) in [4.78, 5) is 6.43. The molecule has 0 aliphatic carbocycles. The van der Waals surface area contributed by atoms with Gasteiger partial charge >= 0.3 is 0 Å². The van der Waals surface area contributed by atoms with Crippen LogP contribution < -0.4 is 5.32 Å². The van der Waals surface area contributed by atoms with Crippen LogP contribution in [0.15, 0.2) is 4.99 Å². The van der Waals surface area contributed by atoms with Gasteiger partial charge in [-0.2, -0.15) is 0 Å². The summed E-state index contributed by atoms with van der Waals surface area (Å²) in [7, 11) is -2.96. The van der Waals surface area contributed by atoms with Gasteiger partial charge in [0.15, 0.2) is 5.96 Å². The van der Waals surface area contributed by atoms with Crippen molar-refractivity contribution in [1.82, 2.24) is 10.2 Å². The van der Waals surface area contributed by atoms with E-state index in [0.29, 0.717) is 19.7 Å². The van der Waals surface area contributed by atoms with Gasteiger partial charge in [-0.1, -0.05) is 0 Å². The van der Waals surface area contributed by atoms with Crippen LogP contribution in [0.2, 0.25) is 0 Å². The predicted molar refractivity (Wildman–Crippen MR) is 78.7 cm³/mol. The Labute approximate surface area is 120 Å². The molecule has 2 N–H and O–H groups in total. The highest BCUT2D eigenvalue weighted by Crippen LogP contribution is 2.08. The number of ether oxygens (including phenoxy) is 1. The van der Waals surface area contributed by atoms with E-state index in [1.807, 2.05) is 11.8 Å². The molecule has 1 fully saturated rings. The lowest BCUT2D eigenvalue weighted by molar-refractivity contribution is 0.157. The number of hydrogen-bond donors (Lipinski definition) is 2. The maximum atomic E-state index is 10.9. The third-order valence-corrected chi connectivity index (χ3v) is 3.80. The fraction of sp³-hybridized carbons (Fsp3) is 0.917. The molecular weight excluding hydrogens is 282 g/mol. The van der Waals surface area contributed by atoms with Crippen LogP contribution in [-0.2, 0) is 14.6 Å². The maximum absolute atomic E-state index is 10.9. The zero-order valence-electron chi connectivity index (χ0n) is 12.2. The Morgan fingerprint density at radius 3 is 2.80 bits per heavy atom. The number of hydrogen-bond acceptors (Lipinski definition) is 5. The van der Waals surface area contributed by atoms with Gasteiger partial charge in [-0.25, -0.2) is 8.42 Å². The molecule has 1 heterocycles. The van der Waals surface area contributed by atoms with E-state index in [4.69, 9.17) is 4.74 Å². The van der Waals surface area contributed by atoms with E-state index in [0.717, 1.165) is 25.5 Å². The lowest BCUT2D eigenvalue weighted by Crippen LogP contribution is -2.40. The number of guanidine groups is 1. The SMILES string of the molecule is CCNC(=NCCOCCS(C)(=O)=O)N1CC[C@@H](O)C1. The van der Waals surface area contributed by atoms with E-state index in [9.17, 15) is 13.5 Å². The van der Waals surface area contributed by atoms with Crippen molar-refractivity contribution >= 4 is 15.8 Å². The number of likely N-dealkylation sites (tertiary alicyclic amines) is 1. The Morgan fingerprint density at radius 1 is 1.50 bits per heavy atom. The minimum Gasteiger partial charge on any atom is -0.391 e. The van der Waals surface area contributed by atoms with Crippen LogP contribution in [0.1, 0.15) is 13.3 Å². The predicted octanol–water partition coefficient (Wildman–Crippen LogP) is -0.920. The number of sulfone groups is 1. The Bertz CT molecular complexity index is 411. The molecule has 0 aromatic rings. The summed E-state index contributed by atoms with van der Waals surface area (Å²) in [6.07, 6.45) is 1.66. The van der Waals surface area contributed by atoms with E-state index in [1.165, 1.54) is 6.26 Å². The molecule has 0 amide bonds. The second kappa shape index (κ2) is 8.43. The monoisotopic (exact) mass is 307 g/mol. The highest BCUT2D eigenvalue weighted by atomic mass is 32.2. The molecule has 1 aliphatic heterocycles. The molecule has 1 atom stereocenters. The van der Waals surface area contributed by atoms with Crippen molar-refractivity contribution in [1.29, 1.82) is 0 Å². The Kier molecular flexibility index (Phi) is 7.25. The largest absolute Gasteiger partial charge is 0.391 e. The first-order chi connectivity index (χ1) is 9.42. The first-order valence-electron chi connectivity index (χ1n) is 6.89. The van der Waals surface area contributed by atoms with Crippen molar-refractivity contribution in [3.8, 4) is 0 Å². The average molecular weight is 307 g/mol. The second-order valence-corrected chi connectivity index (χ2v) is 7.13. The highest BCUT2D eigenvalue weighted by molar-refractivity contribution is 7.90. The number of aliphatic hydroxyl groups is 1. The third-order valence-electron chi connectivity index (χ3n) is 2.89. The number of β-amino-alcohol motifs (C(OH)–C–C–N with tert-alkyl or cyclic N) is 1. The molecular formula is C12H25N3O4S.